The summed E-state index contributed by atoms with van der Waals surface area (Å²) in [6.07, 6.45) is 0.381. The number of nitrogen functional groups attached to an aromatic ring is 1. The fourth-order valence-corrected chi connectivity index (χ4v) is 6.72. The van der Waals surface area contributed by atoms with Crippen molar-refractivity contribution in [3.63, 3.8) is 0 Å². The number of carbonyl (C=O) groups is 2. The summed E-state index contributed by atoms with van der Waals surface area (Å²) < 4.78 is 6.68. The van der Waals surface area contributed by atoms with Crippen molar-refractivity contribution in [2.45, 2.75) is 62.8 Å². The first kappa shape index (κ1) is 25.7. The molecule has 37 heavy (non-hydrogen) atoms. The van der Waals surface area contributed by atoms with Crippen molar-refractivity contribution in [1.29, 1.82) is 0 Å². The Morgan fingerprint density at radius 1 is 1.30 bits per heavy atom. The molecule has 0 saturated carbocycles. The van der Waals surface area contributed by atoms with Gasteiger partial charge in [0.15, 0.2) is 5.13 Å². The molecule has 1 aromatic heterocycles. The number of carbonyl (C=O) groups excluding carboxylic acids is 2. The number of anilines is 2. The molecule has 5 rings (SSSR count). The molecular weight excluding hydrogens is 556 g/mol. The Hall–Kier alpha value is -2.95. The topological polar surface area (TPSA) is 118 Å². The minimum atomic E-state index is -0.794. The Balaban J connectivity index is 1.37. The van der Waals surface area contributed by atoms with Crippen LogP contribution in [0.5, 0.6) is 0 Å². The van der Waals surface area contributed by atoms with Crippen molar-refractivity contribution in [2.24, 2.45) is 0 Å². The highest BCUT2D eigenvalue weighted by Crippen LogP contribution is 2.49. The van der Waals surface area contributed by atoms with Crippen LogP contribution >= 0.6 is 27.3 Å². The third-order valence-electron chi connectivity index (χ3n) is 7.21. The molecule has 0 aliphatic carbocycles. The summed E-state index contributed by atoms with van der Waals surface area (Å²) >= 11 is 4.91. The SMILES string of the molecule is CC1(C)OC(=O)N2[C@@H]([C@H](O)c3ccccc3)CC[C@H]2C1c1ccc(NC(=O)Cc2csc(N)n2)c(Br)c1. The van der Waals surface area contributed by atoms with Gasteiger partial charge in [-0.15, -0.1) is 11.3 Å². The van der Waals surface area contributed by atoms with E-state index >= 15 is 0 Å². The molecule has 4 atom stereocenters. The van der Waals surface area contributed by atoms with Crippen molar-refractivity contribution in [3.05, 3.63) is 75.2 Å². The molecule has 0 spiro atoms. The highest BCUT2D eigenvalue weighted by atomic mass is 79.9. The van der Waals surface area contributed by atoms with Crippen LogP contribution in [-0.4, -0.2) is 44.7 Å². The number of halogens is 1. The lowest BCUT2D eigenvalue weighted by Crippen LogP contribution is -2.58. The predicted molar refractivity (Wildman–Crippen MR) is 146 cm³/mol. The maximum Gasteiger partial charge on any atom is 0.410 e. The molecule has 2 amide bonds. The fourth-order valence-electron chi connectivity index (χ4n) is 5.66. The number of cyclic esters (lactones) is 1. The van der Waals surface area contributed by atoms with Crippen LogP contribution in [0.15, 0.2) is 58.4 Å². The van der Waals surface area contributed by atoms with E-state index in [-0.39, 0.29) is 30.3 Å². The van der Waals surface area contributed by atoms with E-state index in [1.54, 1.807) is 10.3 Å². The Kier molecular flexibility index (Phi) is 6.99. The van der Waals surface area contributed by atoms with Gasteiger partial charge in [-0.1, -0.05) is 36.4 Å². The Morgan fingerprint density at radius 3 is 2.73 bits per heavy atom. The van der Waals surface area contributed by atoms with Gasteiger partial charge in [-0.05, 0) is 65.9 Å². The monoisotopic (exact) mass is 584 g/mol. The average molecular weight is 586 g/mol. The van der Waals surface area contributed by atoms with E-state index in [2.05, 4.69) is 26.2 Å². The zero-order valence-corrected chi connectivity index (χ0v) is 23.0. The normalized spacial score (nSPS) is 23.3. The van der Waals surface area contributed by atoms with Crippen LogP contribution in [0.2, 0.25) is 0 Å². The molecule has 8 nitrogen and oxygen atoms in total. The number of hydrogen-bond donors (Lipinski definition) is 3. The van der Waals surface area contributed by atoms with Gasteiger partial charge >= 0.3 is 6.09 Å². The first-order valence-electron chi connectivity index (χ1n) is 12.2. The first-order valence-corrected chi connectivity index (χ1v) is 13.8. The summed E-state index contributed by atoms with van der Waals surface area (Å²) in [7, 11) is 0. The number of fused-ring (bicyclic) bond motifs is 1. The van der Waals surface area contributed by atoms with Gasteiger partial charge in [0.25, 0.3) is 0 Å². The van der Waals surface area contributed by atoms with Gasteiger partial charge < -0.3 is 20.9 Å². The lowest BCUT2D eigenvalue weighted by molar-refractivity contribution is -0.115. The van der Waals surface area contributed by atoms with Crippen molar-refractivity contribution < 1.29 is 19.4 Å². The van der Waals surface area contributed by atoms with Gasteiger partial charge in [-0.2, -0.15) is 0 Å². The van der Waals surface area contributed by atoms with Crippen molar-refractivity contribution >= 4 is 50.1 Å². The maximum absolute atomic E-state index is 13.1. The van der Waals surface area contributed by atoms with Gasteiger partial charge in [0.1, 0.15) is 5.60 Å². The Bertz CT molecular complexity index is 1310. The number of aromatic nitrogens is 1. The third kappa shape index (κ3) is 5.10. The zero-order valence-electron chi connectivity index (χ0n) is 20.6. The fraction of sp³-hybridized carbons (Fsp3) is 0.370. The van der Waals surface area contributed by atoms with E-state index in [1.165, 1.54) is 11.3 Å². The van der Waals surface area contributed by atoms with Gasteiger partial charge in [-0.25, -0.2) is 9.78 Å². The van der Waals surface area contributed by atoms with Crippen LogP contribution in [0.4, 0.5) is 15.6 Å². The molecule has 2 aliphatic rings. The van der Waals surface area contributed by atoms with Crippen molar-refractivity contribution in [3.8, 4) is 0 Å². The summed E-state index contributed by atoms with van der Waals surface area (Å²) in [5.41, 5.74) is 7.95. The van der Waals surface area contributed by atoms with Gasteiger partial charge in [0.2, 0.25) is 5.91 Å². The smallest absolute Gasteiger partial charge is 0.410 e. The van der Waals surface area contributed by atoms with Crippen LogP contribution in [0.1, 0.15) is 55.5 Å². The van der Waals surface area contributed by atoms with E-state index in [1.807, 2.05) is 62.4 Å². The van der Waals surface area contributed by atoms with Gasteiger partial charge in [0.05, 0.1) is 29.9 Å². The summed E-state index contributed by atoms with van der Waals surface area (Å²) in [6, 6.07) is 14.7. The van der Waals surface area contributed by atoms with Crippen LogP contribution in [0.3, 0.4) is 0 Å². The number of benzene rings is 2. The number of nitrogens with zero attached hydrogens (tertiary/aromatic N) is 2. The minimum absolute atomic E-state index is 0.123. The average Bonchev–Trinajstić information content (AvgIpc) is 3.46. The molecule has 1 unspecified atom stereocenters. The van der Waals surface area contributed by atoms with E-state index in [0.717, 1.165) is 22.0 Å². The standard InChI is InChI=1S/C27H29BrN4O4S/c1-27(2)23(16-8-9-19(18(28)12-16)31-22(33)13-17-14-37-25(29)30-17)20-10-11-21(32(20)26(35)36-27)24(34)15-6-4-3-5-7-15/h3-9,12,14,20-21,23-24,34H,10-11,13H2,1-2H3,(H2,29,30)(H,31,33)/t20-,21+,23?,24+/m0/s1. The number of hydrogen-bond acceptors (Lipinski definition) is 7. The number of aliphatic hydroxyl groups is 1. The Labute approximate surface area is 228 Å². The molecular formula is C27H29BrN4O4S. The van der Waals surface area contributed by atoms with Crippen LogP contribution in [-0.2, 0) is 16.0 Å². The zero-order chi connectivity index (χ0) is 26.3. The second kappa shape index (κ2) is 10.1. The highest BCUT2D eigenvalue weighted by Gasteiger charge is 2.55. The molecule has 4 N–H and O–H groups in total. The molecule has 10 heteroatoms. The summed E-state index contributed by atoms with van der Waals surface area (Å²) in [5, 5.41) is 16.3. The molecule has 0 radical (unpaired) electrons. The van der Waals surface area contributed by atoms with Crippen LogP contribution in [0, 0.1) is 0 Å². The number of ether oxygens (including phenoxy) is 1. The lowest BCUT2D eigenvalue weighted by atomic mass is 9.77. The van der Waals surface area contributed by atoms with Crippen LogP contribution in [0.25, 0.3) is 0 Å². The largest absolute Gasteiger partial charge is 0.443 e. The van der Waals surface area contributed by atoms with E-state index in [0.29, 0.717) is 22.9 Å². The van der Waals surface area contributed by atoms with Crippen molar-refractivity contribution in [2.75, 3.05) is 11.1 Å². The quantitative estimate of drug-likeness (QED) is 0.364. The third-order valence-corrected chi connectivity index (χ3v) is 8.59. The first-order chi connectivity index (χ1) is 17.6. The molecule has 2 fully saturated rings. The number of thiazole rings is 1. The van der Waals surface area contributed by atoms with Crippen LogP contribution < -0.4 is 11.1 Å². The second-order valence-corrected chi connectivity index (χ2v) is 11.8. The van der Waals surface area contributed by atoms with Crippen molar-refractivity contribution in [1.82, 2.24) is 9.88 Å². The second-order valence-electron chi connectivity index (χ2n) is 10.1. The summed E-state index contributed by atoms with van der Waals surface area (Å²) in [5.74, 6) is -0.317. The highest BCUT2D eigenvalue weighted by molar-refractivity contribution is 9.10. The summed E-state index contributed by atoms with van der Waals surface area (Å²) in [4.78, 5) is 31.5. The number of nitrogens with two attached hydrogens (primary N) is 1. The molecule has 3 aromatic rings. The van der Waals surface area contributed by atoms with Gasteiger partial charge in [0, 0.05) is 21.8 Å². The minimum Gasteiger partial charge on any atom is -0.443 e. The molecule has 3 heterocycles. The predicted octanol–water partition coefficient (Wildman–Crippen LogP) is 5.25. The van der Waals surface area contributed by atoms with E-state index in [9.17, 15) is 14.7 Å². The van der Waals surface area contributed by atoms with E-state index < -0.39 is 17.8 Å². The number of amides is 2. The molecule has 2 aromatic carbocycles. The molecule has 2 saturated heterocycles. The number of aliphatic hydroxyl groups excluding tert-OH is 1. The number of rotatable bonds is 6. The number of nitrogens with one attached hydrogen (secondary N) is 1. The van der Waals surface area contributed by atoms with Gasteiger partial charge in [-0.3, -0.25) is 9.69 Å². The Morgan fingerprint density at radius 2 is 2.05 bits per heavy atom. The molecule has 0 bridgehead atoms. The molecule has 2 aliphatic heterocycles. The lowest BCUT2D eigenvalue weighted by Gasteiger charge is -2.48. The maximum atomic E-state index is 13.1. The molecule has 194 valence electrons. The van der Waals surface area contributed by atoms with E-state index in [4.69, 9.17) is 10.5 Å². The summed E-state index contributed by atoms with van der Waals surface area (Å²) in [6.45, 7) is 3.86.